The Balaban J connectivity index is 1.97. The van der Waals surface area contributed by atoms with Gasteiger partial charge in [-0.3, -0.25) is 5.43 Å². The van der Waals surface area contributed by atoms with Gasteiger partial charge in [-0.15, -0.1) is 0 Å². The van der Waals surface area contributed by atoms with Gasteiger partial charge in [-0.05, 0) is 42.0 Å². The van der Waals surface area contributed by atoms with E-state index < -0.39 is 0 Å². The van der Waals surface area contributed by atoms with Crippen molar-refractivity contribution >= 4 is 35.1 Å². The van der Waals surface area contributed by atoms with Crippen LogP contribution in [0.4, 0.5) is 0 Å². The van der Waals surface area contributed by atoms with Crippen molar-refractivity contribution in [3.8, 4) is 17.2 Å². The molecule has 0 aliphatic carbocycles. The van der Waals surface area contributed by atoms with Gasteiger partial charge in [0.1, 0.15) is 19.0 Å². The zero-order chi connectivity index (χ0) is 18.1. The first-order valence-electron chi connectivity index (χ1n) is 7.37. The highest BCUT2D eigenvalue weighted by atomic mass is 35.5. The summed E-state index contributed by atoms with van der Waals surface area (Å²) >= 11 is 10.9. The highest BCUT2D eigenvalue weighted by molar-refractivity contribution is 7.80. The fourth-order valence-electron chi connectivity index (χ4n) is 1.94. The summed E-state index contributed by atoms with van der Waals surface area (Å²) in [4.78, 5) is 0. The number of hydrogen-bond donors (Lipinski definition) is 2. The third-order valence-corrected chi connectivity index (χ3v) is 3.35. The maximum atomic E-state index is 6.27. The fourth-order valence-corrected chi connectivity index (χ4v) is 2.27. The molecule has 0 atom stereocenters. The Labute approximate surface area is 156 Å². The molecule has 0 aromatic heterocycles. The average Bonchev–Trinajstić information content (AvgIpc) is 2.60. The van der Waals surface area contributed by atoms with Crippen LogP contribution in [0.5, 0.6) is 17.2 Å². The maximum Gasteiger partial charge on any atom is 0.184 e. The average molecular weight is 380 g/mol. The van der Waals surface area contributed by atoms with E-state index in [-0.39, 0.29) is 5.11 Å². The molecule has 0 radical (unpaired) electrons. The Kier molecular flexibility index (Phi) is 7.31. The summed E-state index contributed by atoms with van der Waals surface area (Å²) in [6.45, 7) is 0.700. The second-order valence-electron chi connectivity index (χ2n) is 4.78. The van der Waals surface area contributed by atoms with Crippen LogP contribution in [0.25, 0.3) is 0 Å². The minimum Gasteiger partial charge on any atom is -0.493 e. The van der Waals surface area contributed by atoms with Crippen molar-refractivity contribution in [1.82, 2.24) is 5.43 Å². The number of nitrogens with zero attached hydrogens (tertiary/aromatic N) is 1. The largest absolute Gasteiger partial charge is 0.493 e. The first-order chi connectivity index (χ1) is 12.1. The second-order valence-corrected chi connectivity index (χ2v) is 5.63. The lowest BCUT2D eigenvalue weighted by Gasteiger charge is -2.13. The molecule has 6 nitrogen and oxygen atoms in total. The minimum absolute atomic E-state index is 0.0766. The number of halogens is 1. The third-order valence-electron chi connectivity index (χ3n) is 2.98. The smallest absolute Gasteiger partial charge is 0.184 e. The zero-order valence-electron chi connectivity index (χ0n) is 13.6. The first kappa shape index (κ1) is 18.8. The van der Waals surface area contributed by atoms with Crippen LogP contribution >= 0.6 is 23.8 Å². The predicted octanol–water partition coefficient (Wildman–Crippen LogP) is 2.97. The van der Waals surface area contributed by atoms with E-state index in [0.29, 0.717) is 35.3 Å². The highest BCUT2D eigenvalue weighted by Gasteiger charge is 2.11. The first-order valence-corrected chi connectivity index (χ1v) is 8.15. The Morgan fingerprint density at radius 1 is 1.24 bits per heavy atom. The molecule has 0 aliphatic rings. The fraction of sp³-hybridized carbons (Fsp3) is 0.176. The summed E-state index contributed by atoms with van der Waals surface area (Å²) in [6.07, 6.45) is 1.52. The lowest BCUT2D eigenvalue weighted by atomic mass is 10.2. The molecule has 0 saturated carbocycles. The van der Waals surface area contributed by atoms with E-state index in [1.54, 1.807) is 12.1 Å². The normalized spacial score (nSPS) is 10.5. The van der Waals surface area contributed by atoms with E-state index in [1.807, 2.05) is 30.3 Å². The standard InChI is InChI=1S/C17H18ClN3O3S/c1-22-15-10-12(11-20-21-17(19)25)9-14(18)16(15)24-8-7-23-13-5-3-2-4-6-13/h2-6,9-11H,7-8H2,1H3,(H3,19,21,25). The number of hydrogen-bond acceptors (Lipinski definition) is 5. The van der Waals surface area contributed by atoms with Crippen LogP contribution in [-0.4, -0.2) is 31.7 Å². The molecule has 0 amide bonds. The van der Waals surface area contributed by atoms with E-state index in [1.165, 1.54) is 13.3 Å². The van der Waals surface area contributed by atoms with Gasteiger partial charge in [0.25, 0.3) is 0 Å². The number of nitrogens with two attached hydrogens (primary N) is 1. The topological polar surface area (TPSA) is 78.1 Å². The van der Waals surface area contributed by atoms with E-state index in [2.05, 4.69) is 22.7 Å². The number of ether oxygens (including phenoxy) is 3. The number of methoxy groups -OCH3 is 1. The van der Waals surface area contributed by atoms with Crippen molar-refractivity contribution in [3.05, 3.63) is 53.1 Å². The summed E-state index contributed by atoms with van der Waals surface area (Å²) in [5, 5.41) is 4.36. The minimum atomic E-state index is 0.0766. The van der Waals surface area contributed by atoms with Crippen molar-refractivity contribution in [2.75, 3.05) is 20.3 Å². The molecule has 3 N–H and O–H groups in total. The predicted molar refractivity (Wildman–Crippen MR) is 103 cm³/mol. The molecule has 25 heavy (non-hydrogen) atoms. The van der Waals surface area contributed by atoms with Crippen LogP contribution in [0.15, 0.2) is 47.6 Å². The number of hydrazone groups is 1. The van der Waals surface area contributed by atoms with Crippen LogP contribution in [0.3, 0.4) is 0 Å². The molecule has 0 spiro atoms. The van der Waals surface area contributed by atoms with Gasteiger partial charge >= 0.3 is 0 Å². The number of benzene rings is 2. The van der Waals surface area contributed by atoms with Crippen LogP contribution in [0, 0.1) is 0 Å². The summed E-state index contributed by atoms with van der Waals surface area (Å²) in [6, 6.07) is 12.9. The molecule has 0 bridgehead atoms. The molecule has 2 rings (SSSR count). The van der Waals surface area contributed by atoms with Crippen molar-refractivity contribution < 1.29 is 14.2 Å². The van der Waals surface area contributed by atoms with Gasteiger partial charge < -0.3 is 19.9 Å². The number of para-hydroxylation sites is 1. The Bertz CT molecular complexity index is 741. The summed E-state index contributed by atoms with van der Waals surface area (Å²) in [5.74, 6) is 1.71. The quantitative estimate of drug-likeness (QED) is 0.318. The monoisotopic (exact) mass is 379 g/mol. The molecule has 0 aliphatic heterocycles. The summed E-state index contributed by atoms with van der Waals surface area (Å²) in [7, 11) is 1.53. The van der Waals surface area contributed by atoms with Gasteiger partial charge in [-0.2, -0.15) is 5.10 Å². The van der Waals surface area contributed by atoms with Crippen molar-refractivity contribution in [2.24, 2.45) is 10.8 Å². The summed E-state index contributed by atoms with van der Waals surface area (Å²) < 4.78 is 16.6. The van der Waals surface area contributed by atoms with Crippen molar-refractivity contribution in [3.63, 3.8) is 0 Å². The molecule has 0 saturated heterocycles. The van der Waals surface area contributed by atoms with Crippen LogP contribution in [0.2, 0.25) is 5.02 Å². The molecule has 2 aromatic rings. The molecular weight excluding hydrogens is 362 g/mol. The number of thiocarbonyl (C=S) groups is 1. The molecule has 0 heterocycles. The number of rotatable bonds is 8. The Hall–Kier alpha value is -2.51. The van der Waals surface area contributed by atoms with E-state index >= 15 is 0 Å². The highest BCUT2D eigenvalue weighted by Crippen LogP contribution is 2.36. The van der Waals surface area contributed by atoms with Gasteiger partial charge in [0, 0.05) is 0 Å². The zero-order valence-corrected chi connectivity index (χ0v) is 15.1. The van der Waals surface area contributed by atoms with Crippen LogP contribution in [-0.2, 0) is 0 Å². The third kappa shape index (κ3) is 6.13. The van der Waals surface area contributed by atoms with Crippen molar-refractivity contribution in [1.29, 1.82) is 0 Å². The van der Waals surface area contributed by atoms with Crippen LogP contribution in [0.1, 0.15) is 5.56 Å². The van der Waals surface area contributed by atoms with Gasteiger partial charge in [0.05, 0.1) is 18.3 Å². The number of nitrogens with one attached hydrogen (secondary N) is 1. The molecule has 8 heteroatoms. The van der Waals surface area contributed by atoms with Gasteiger partial charge in [0.2, 0.25) is 0 Å². The molecule has 0 unspecified atom stereocenters. The molecule has 0 fully saturated rings. The summed E-state index contributed by atoms with van der Waals surface area (Å²) in [5.41, 5.74) is 8.48. The van der Waals surface area contributed by atoms with Gasteiger partial charge in [-0.1, -0.05) is 29.8 Å². The van der Waals surface area contributed by atoms with E-state index in [9.17, 15) is 0 Å². The maximum absolute atomic E-state index is 6.27. The van der Waals surface area contributed by atoms with Crippen LogP contribution < -0.4 is 25.4 Å². The van der Waals surface area contributed by atoms with E-state index in [4.69, 9.17) is 31.5 Å². The van der Waals surface area contributed by atoms with Gasteiger partial charge in [-0.25, -0.2) is 0 Å². The van der Waals surface area contributed by atoms with E-state index in [0.717, 1.165) is 5.75 Å². The molecular formula is C17H18ClN3O3S. The second kappa shape index (κ2) is 9.71. The SMILES string of the molecule is COc1cc(C=NNC(N)=S)cc(Cl)c1OCCOc1ccccc1. The Morgan fingerprint density at radius 3 is 2.64 bits per heavy atom. The Morgan fingerprint density at radius 2 is 1.96 bits per heavy atom. The lowest BCUT2D eigenvalue weighted by molar-refractivity contribution is 0.211. The van der Waals surface area contributed by atoms with Gasteiger partial charge in [0.15, 0.2) is 16.6 Å². The van der Waals surface area contributed by atoms with Crippen molar-refractivity contribution in [2.45, 2.75) is 0 Å². The molecule has 2 aromatic carbocycles. The molecule has 132 valence electrons. The lowest BCUT2D eigenvalue weighted by Crippen LogP contribution is -2.23.